The Balaban J connectivity index is 1.15. The van der Waals surface area contributed by atoms with Gasteiger partial charge in [0.05, 0.1) is 6.54 Å². The Labute approximate surface area is 215 Å². The third-order valence-electron chi connectivity index (χ3n) is 6.85. The second-order valence-corrected chi connectivity index (χ2v) is 9.31. The van der Waals surface area contributed by atoms with Crippen molar-refractivity contribution in [1.82, 2.24) is 10.1 Å². The number of nitrogens with two attached hydrogens (primary N) is 2. The maximum atomic E-state index is 6.08. The van der Waals surface area contributed by atoms with E-state index in [-0.39, 0.29) is 12.0 Å². The summed E-state index contributed by atoms with van der Waals surface area (Å²) in [6.45, 7) is 1.30. The van der Waals surface area contributed by atoms with E-state index in [9.17, 15) is 0 Å². The smallest absolute Gasteiger partial charge is 0.341 e. The highest BCUT2D eigenvalue weighted by Gasteiger charge is 2.31. The molecule has 0 bridgehead atoms. The minimum absolute atomic E-state index is 0.0686. The van der Waals surface area contributed by atoms with E-state index in [2.05, 4.69) is 82.9 Å². The van der Waals surface area contributed by atoms with Crippen molar-refractivity contribution in [3.63, 3.8) is 0 Å². The summed E-state index contributed by atoms with van der Waals surface area (Å²) in [6.07, 6.45) is 1.87. The lowest BCUT2D eigenvalue weighted by Crippen LogP contribution is -2.35. The van der Waals surface area contributed by atoms with Gasteiger partial charge in [-0.15, -0.1) is 0 Å². The molecule has 0 aliphatic carbocycles. The Bertz CT molecular complexity index is 1570. The molecule has 4 N–H and O–H groups in total. The van der Waals surface area contributed by atoms with Crippen molar-refractivity contribution >= 4 is 16.7 Å². The molecule has 0 saturated carbocycles. The summed E-state index contributed by atoms with van der Waals surface area (Å²) in [5.41, 5.74) is 16.1. The van der Waals surface area contributed by atoms with Crippen LogP contribution in [-0.4, -0.2) is 27.2 Å². The van der Waals surface area contributed by atoms with Crippen molar-refractivity contribution < 1.29 is 13.8 Å². The van der Waals surface area contributed by atoms with Gasteiger partial charge in [-0.25, -0.2) is 0 Å². The SMILES string of the molecule is NC(N)=[N+]1CCC[C@H]1c1nc(-c2ccc3cc(OCc4ccc(-c5ccccc5)cc4)ccc3c2)no1. The summed E-state index contributed by atoms with van der Waals surface area (Å²) in [6, 6.07) is 31.0. The van der Waals surface area contributed by atoms with Gasteiger partial charge < -0.3 is 9.26 Å². The van der Waals surface area contributed by atoms with E-state index in [0.717, 1.165) is 47.0 Å². The average Bonchev–Trinajstić information content (AvgIpc) is 3.63. The van der Waals surface area contributed by atoms with Crippen LogP contribution in [0.3, 0.4) is 0 Å². The van der Waals surface area contributed by atoms with Gasteiger partial charge in [0, 0.05) is 5.56 Å². The van der Waals surface area contributed by atoms with Crippen LogP contribution in [-0.2, 0) is 6.61 Å². The van der Waals surface area contributed by atoms with Crippen molar-refractivity contribution in [3.8, 4) is 28.3 Å². The highest BCUT2D eigenvalue weighted by Crippen LogP contribution is 2.30. The maximum absolute atomic E-state index is 6.08. The van der Waals surface area contributed by atoms with Gasteiger partial charge in [-0.2, -0.15) is 4.98 Å². The summed E-state index contributed by atoms with van der Waals surface area (Å²) in [4.78, 5) is 4.64. The molecular formula is C30H28N5O2+. The van der Waals surface area contributed by atoms with Crippen LogP contribution >= 0.6 is 0 Å². The van der Waals surface area contributed by atoms with Crippen molar-refractivity contribution in [1.29, 1.82) is 0 Å². The number of aromatic nitrogens is 2. The second-order valence-electron chi connectivity index (χ2n) is 9.31. The molecule has 0 amide bonds. The van der Waals surface area contributed by atoms with E-state index in [0.29, 0.717) is 18.3 Å². The zero-order chi connectivity index (χ0) is 25.2. The Hall–Kier alpha value is -4.65. The molecule has 0 spiro atoms. The molecule has 4 aromatic carbocycles. The molecule has 5 aromatic rings. The number of rotatable bonds is 6. The minimum atomic E-state index is -0.0686. The molecule has 0 radical (unpaired) electrons. The first-order valence-corrected chi connectivity index (χ1v) is 12.4. The molecule has 7 heteroatoms. The quantitative estimate of drug-likeness (QED) is 0.249. The fraction of sp³-hybridized carbons (Fsp3) is 0.167. The molecule has 1 atom stereocenters. The van der Waals surface area contributed by atoms with Crippen molar-refractivity contribution in [2.45, 2.75) is 25.5 Å². The molecule has 1 saturated heterocycles. The summed E-state index contributed by atoms with van der Waals surface area (Å²) in [5.74, 6) is 2.21. The lowest BCUT2D eigenvalue weighted by Gasteiger charge is -2.09. The van der Waals surface area contributed by atoms with E-state index in [1.54, 1.807) is 0 Å². The van der Waals surface area contributed by atoms with Gasteiger partial charge in [-0.05, 0) is 58.5 Å². The average molecular weight is 491 g/mol. The molecule has 1 aromatic heterocycles. The summed E-state index contributed by atoms with van der Waals surface area (Å²) >= 11 is 0. The fourth-order valence-electron chi connectivity index (χ4n) is 4.86. The molecule has 2 heterocycles. The van der Waals surface area contributed by atoms with Gasteiger partial charge in [-0.1, -0.05) is 78.0 Å². The standard InChI is InChI=1S/C30H27N5O2/c31-30(32)35-16-4-7-27(35)29-33-28(34-37-29)25-13-12-24-18-26(15-14-23(24)17-25)36-19-20-8-10-22(11-9-20)21-5-2-1-3-6-21/h1-3,5-6,8-15,17-18,27H,4,7,16,19H2,(H3,31,32)/p+1/t27-/m0/s1. The summed E-state index contributed by atoms with van der Waals surface area (Å²) in [5, 5.41) is 6.36. The number of fused-ring (bicyclic) bond motifs is 1. The number of benzene rings is 4. The maximum Gasteiger partial charge on any atom is 0.341 e. The monoisotopic (exact) mass is 490 g/mol. The minimum Gasteiger partial charge on any atom is -0.489 e. The highest BCUT2D eigenvalue weighted by atomic mass is 16.5. The van der Waals surface area contributed by atoms with E-state index in [4.69, 9.17) is 20.7 Å². The van der Waals surface area contributed by atoms with Gasteiger partial charge in [0.1, 0.15) is 12.4 Å². The number of hydrogen-bond donors (Lipinski definition) is 2. The van der Waals surface area contributed by atoms with Crippen LogP contribution in [0, 0.1) is 0 Å². The van der Waals surface area contributed by atoms with Gasteiger partial charge in [0.2, 0.25) is 5.82 Å². The van der Waals surface area contributed by atoms with Crippen LogP contribution in [0.4, 0.5) is 0 Å². The molecule has 7 nitrogen and oxygen atoms in total. The predicted molar refractivity (Wildman–Crippen MR) is 144 cm³/mol. The Morgan fingerprint density at radius 3 is 2.41 bits per heavy atom. The van der Waals surface area contributed by atoms with Gasteiger partial charge in [0.25, 0.3) is 5.89 Å². The fourth-order valence-corrected chi connectivity index (χ4v) is 4.86. The molecule has 1 aliphatic heterocycles. The Morgan fingerprint density at radius 2 is 1.59 bits per heavy atom. The third kappa shape index (κ3) is 4.76. The predicted octanol–water partition coefficient (Wildman–Crippen LogP) is 5.26. The highest BCUT2D eigenvalue weighted by molar-refractivity contribution is 5.87. The lowest BCUT2D eigenvalue weighted by atomic mass is 10.0. The van der Waals surface area contributed by atoms with Crippen LogP contribution in [0.25, 0.3) is 33.3 Å². The number of ether oxygens (including phenoxy) is 1. The number of hydrogen-bond acceptors (Lipinski definition) is 4. The molecule has 6 rings (SSSR count). The van der Waals surface area contributed by atoms with Crippen molar-refractivity contribution in [2.24, 2.45) is 11.5 Å². The van der Waals surface area contributed by atoms with E-state index < -0.39 is 0 Å². The van der Waals surface area contributed by atoms with Gasteiger partial charge in [-0.3, -0.25) is 16.0 Å². The second kappa shape index (κ2) is 9.78. The van der Waals surface area contributed by atoms with Crippen LogP contribution < -0.4 is 16.2 Å². The summed E-state index contributed by atoms with van der Waals surface area (Å²) in [7, 11) is 0. The first-order chi connectivity index (χ1) is 18.1. The van der Waals surface area contributed by atoms with Gasteiger partial charge in [0.15, 0.2) is 6.04 Å². The number of nitrogens with zero attached hydrogens (tertiary/aromatic N) is 3. The van der Waals surface area contributed by atoms with Crippen molar-refractivity contribution in [2.75, 3.05) is 6.54 Å². The zero-order valence-electron chi connectivity index (χ0n) is 20.4. The molecule has 1 aliphatic rings. The van der Waals surface area contributed by atoms with Crippen LogP contribution in [0.15, 0.2) is 95.5 Å². The zero-order valence-corrected chi connectivity index (χ0v) is 20.4. The molecule has 0 unspecified atom stereocenters. The largest absolute Gasteiger partial charge is 0.489 e. The first-order valence-electron chi connectivity index (χ1n) is 12.4. The summed E-state index contributed by atoms with van der Waals surface area (Å²) < 4.78 is 13.6. The van der Waals surface area contributed by atoms with E-state index >= 15 is 0 Å². The molecule has 184 valence electrons. The molecular weight excluding hydrogens is 462 g/mol. The Kier molecular flexibility index (Phi) is 6.02. The van der Waals surface area contributed by atoms with Crippen LogP contribution in [0.1, 0.15) is 30.3 Å². The first kappa shape index (κ1) is 22.8. The normalized spacial score (nSPS) is 15.2. The van der Waals surface area contributed by atoms with Crippen LogP contribution in [0.2, 0.25) is 0 Å². The topological polar surface area (TPSA) is 103 Å². The Morgan fingerprint density at radius 1 is 0.865 bits per heavy atom. The van der Waals surface area contributed by atoms with Gasteiger partial charge >= 0.3 is 5.96 Å². The molecule has 1 fully saturated rings. The molecule has 37 heavy (non-hydrogen) atoms. The van der Waals surface area contributed by atoms with Crippen LogP contribution in [0.5, 0.6) is 5.75 Å². The third-order valence-corrected chi connectivity index (χ3v) is 6.85. The van der Waals surface area contributed by atoms with E-state index in [1.165, 1.54) is 11.1 Å². The lowest BCUT2D eigenvalue weighted by molar-refractivity contribution is -0.555. The van der Waals surface area contributed by atoms with Crippen molar-refractivity contribution in [3.05, 3.63) is 102 Å². The van der Waals surface area contributed by atoms with E-state index in [1.807, 2.05) is 22.8 Å². The number of guanidine groups is 1.